The summed E-state index contributed by atoms with van der Waals surface area (Å²) in [6, 6.07) is 16.9. The Bertz CT molecular complexity index is 1150. The lowest BCUT2D eigenvalue weighted by molar-refractivity contribution is 0.229. The smallest absolute Gasteiger partial charge is 0.143 e. The van der Waals surface area contributed by atoms with Crippen molar-refractivity contribution in [3.05, 3.63) is 83.5 Å². The number of nitrogens with zero attached hydrogens (tertiary/aromatic N) is 4. The average molecular weight is 388 g/mol. The minimum atomic E-state index is -0.278. The maximum absolute atomic E-state index is 14.3. The van der Waals surface area contributed by atoms with Crippen molar-refractivity contribution in [2.24, 2.45) is 7.05 Å². The summed E-state index contributed by atoms with van der Waals surface area (Å²) in [7, 11) is 1.94. The van der Waals surface area contributed by atoms with Gasteiger partial charge in [-0.05, 0) is 12.1 Å². The standard InChI is InChI=1S/C23H21FN4O/c1-27-13-17(22(25-27)16-7-3-2-4-8-16)14-28-12-11-21-19(15-28)23(26-29-21)18-9-5-6-10-20(18)24/h2-10,13H,11-12,14-15H2,1H3. The van der Waals surface area contributed by atoms with Crippen LogP contribution in [0.4, 0.5) is 4.39 Å². The van der Waals surface area contributed by atoms with E-state index in [0.29, 0.717) is 17.8 Å². The van der Waals surface area contributed by atoms with Crippen molar-refractivity contribution in [1.82, 2.24) is 19.8 Å². The van der Waals surface area contributed by atoms with Gasteiger partial charge >= 0.3 is 0 Å². The predicted molar refractivity (Wildman–Crippen MR) is 108 cm³/mol. The lowest BCUT2D eigenvalue weighted by Gasteiger charge is -2.26. The molecule has 0 N–H and O–H groups in total. The Hall–Kier alpha value is -3.25. The lowest BCUT2D eigenvalue weighted by Crippen LogP contribution is -2.29. The van der Waals surface area contributed by atoms with Crippen LogP contribution >= 0.6 is 0 Å². The highest BCUT2D eigenvalue weighted by molar-refractivity contribution is 5.65. The van der Waals surface area contributed by atoms with Gasteiger partial charge in [-0.3, -0.25) is 9.58 Å². The van der Waals surface area contributed by atoms with Crippen LogP contribution in [0.5, 0.6) is 0 Å². The zero-order chi connectivity index (χ0) is 19.8. The number of fused-ring (bicyclic) bond motifs is 1. The molecule has 5 nitrogen and oxygen atoms in total. The van der Waals surface area contributed by atoms with Crippen molar-refractivity contribution >= 4 is 0 Å². The number of benzene rings is 2. The molecule has 4 aromatic rings. The molecule has 2 aromatic heterocycles. The third kappa shape index (κ3) is 3.36. The molecule has 29 heavy (non-hydrogen) atoms. The predicted octanol–water partition coefficient (Wildman–Crippen LogP) is 4.44. The molecule has 0 saturated heterocycles. The number of aryl methyl sites for hydroxylation is 1. The summed E-state index contributed by atoms with van der Waals surface area (Å²) in [6.45, 7) is 2.30. The van der Waals surface area contributed by atoms with Crippen molar-refractivity contribution in [3.63, 3.8) is 0 Å². The molecule has 146 valence electrons. The van der Waals surface area contributed by atoms with Gasteiger partial charge in [-0.1, -0.05) is 47.6 Å². The number of rotatable bonds is 4. The molecule has 1 aliphatic heterocycles. The second-order valence-corrected chi connectivity index (χ2v) is 7.42. The first kappa shape index (κ1) is 17.8. The Labute approximate surface area is 168 Å². The molecule has 3 heterocycles. The zero-order valence-electron chi connectivity index (χ0n) is 16.2. The van der Waals surface area contributed by atoms with Crippen LogP contribution in [0.25, 0.3) is 22.5 Å². The van der Waals surface area contributed by atoms with Gasteiger partial charge in [-0.2, -0.15) is 5.10 Å². The number of hydrogen-bond acceptors (Lipinski definition) is 4. The van der Waals surface area contributed by atoms with E-state index in [1.165, 1.54) is 11.6 Å². The van der Waals surface area contributed by atoms with E-state index in [2.05, 4.69) is 33.5 Å². The monoisotopic (exact) mass is 388 g/mol. The molecule has 0 atom stereocenters. The van der Waals surface area contributed by atoms with E-state index in [0.717, 1.165) is 42.1 Å². The summed E-state index contributed by atoms with van der Waals surface area (Å²) >= 11 is 0. The molecule has 2 aromatic carbocycles. The minimum absolute atomic E-state index is 0.278. The van der Waals surface area contributed by atoms with Crippen LogP contribution in [0.15, 0.2) is 65.3 Å². The third-order valence-corrected chi connectivity index (χ3v) is 5.38. The Balaban J connectivity index is 1.43. The van der Waals surface area contributed by atoms with E-state index in [4.69, 9.17) is 4.52 Å². The van der Waals surface area contributed by atoms with Gasteiger partial charge in [0, 0.05) is 61.6 Å². The first-order valence-electron chi connectivity index (χ1n) is 9.71. The highest BCUT2D eigenvalue weighted by atomic mass is 19.1. The van der Waals surface area contributed by atoms with Crippen LogP contribution in [-0.4, -0.2) is 26.4 Å². The fraction of sp³-hybridized carbons (Fsp3) is 0.217. The zero-order valence-corrected chi connectivity index (χ0v) is 16.2. The molecule has 6 heteroatoms. The second-order valence-electron chi connectivity index (χ2n) is 7.42. The van der Waals surface area contributed by atoms with Gasteiger partial charge in [-0.25, -0.2) is 4.39 Å². The maximum Gasteiger partial charge on any atom is 0.143 e. The molecule has 0 radical (unpaired) electrons. The molecule has 0 bridgehead atoms. The SMILES string of the molecule is Cn1cc(CN2CCc3onc(-c4ccccc4F)c3C2)c(-c2ccccc2)n1. The van der Waals surface area contributed by atoms with Gasteiger partial charge < -0.3 is 4.52 Å². The van der Waals surface area contributed by atoms with Gasteiger partial charge in [0.1, 0.15) is 17.3 Å². The highest BCUT2D eigenvalue weighted by Crippen LogP contribution is 2.32. The van der Waals surface area contributed by atoms with E-state index < -0.39 is 0 Å². The summed E-state index contributed by atoms with van der Waals surface area (Å²) in [5.74, 6) is 0.577. The molecule has 0 spiro atoms. The van der Waals surface area contributed by atoms with Crippen LogP contribution in [0.1, 0.15) is 16.9 Å². The molecule has 0 saturated carbocycles. The summed E-state index contributed by atoms with van der Waals surface area (Å²) in [5, 5.41) is 8.85. The summed E-state index contributed by atoms with van der Waals surface area (Å²) in [5.41, 5.74) is 5.36. The van der Waals surface area contributed by atoms with E-state index in [1.54, 1.807) is 12.1 Å². The molecule has 1 aliphatic rings. The van der Waals surface area contributed by atoms with Gasteiger partial charge in [0.15, 0.2) is 0 Å². The van der Waals surface area contributed by atoms with Crippen molar-refractivity contribution in [2.45, 2.75) is 19.5 Å². The van der Waals surface area contributed by atoms with E-state index in [9.17, 15) is 4.39 Å². The fourth-order valence-electron chi connectivity index (χ4n) is 4.00. The van der Waals surface area contributed by atoms with Crippen LogP contribution < -0.4 is 0 Å². The Kier molecular flexibility index (Phi) is 4.48. The first-order valence-corrected chi connectivity index (χ1v) is 9.71. The number of halogens is 1. The number of hydrogen-bond donors (Lipinski definition) is 0. The van der Waals surface area contributed by atoms with Gasteiger partial charge in [0.05, 0.1) is 5.69 Å². The Morgan fingerprint density at radius 2 is 1.83 bits per heavy atom. The first-order chi connectivity index (χ1) is 14.2. The van der Waals surface area contributed by atoms with Crippen molar-refractivity contribution in [2.75, 3.05) is 6.54 Å². The quantitative estimate of drug-likeness (QED) is 0.519. The van der Waals surface area contributed by atoms with Gasteiger partial charge in [0.2, 0.25) is 0 Å². The summed E-state index contributed by atoms with van der Waals surface area (Å²) < 4.78 is 21.7. The third-order valence-electron chi connectivity index (χ3n) is 5.38. The van der Waals surface area contributed by atoms with Crippen molar-refractivity contribution in [3.8, 4) is 22.5 Å². The maximum atomic E-state index is 14.3. The Morgan fingerprint density at radius 1 is 1.03 bits per heavy atom. The van der Waals surface area contributed by atoms with Gasteiger partial charge in [0.25, 0.3) is 0 Å². The molecule has 0 amide bonds. The van der Waals surface area contributed by atoms with Crippen molar-refractivity contribution < 1.29 is 8.91 Å². The second kappa shape index (κ2) is 7.29. The minimum Gasteiger partial charge on any atom is -0.360 e. The van der Waals surface area contributed by atoms with Gasteiger partial charge in [-0.15, -0.1) is 0 Å². The molecule has 5 rings (SSSR count). The molecule has 0 fully saturated rings. The van der Waals surface area contributed by atoms with Crippen LogP contribution in [0, 0.1) is 5.82 Å². The van der Waals surface area contributed by atoms with Crippen LogP contribution in [-0.2, 0) is 26.6 Å². The topological polar surface area (TPSA) is 47.1 Å². The summed E-state index contributed by atoms with van der Waals surface area (Å²) in [6.07, 6.45) is 2.83. The van der Waals surface area contributed by atoms with E-state index in [-0.39, 0.29) is 5.82 Å². The normalized spacial score (nSPS) is 14.1. The highest BCUT2D eigenvalue weighted by Gasteiger charge is 2.27. The van der Waals surface area contributed by atoms with Crippen LogP contribution in [0.3, 0.4) is 0 Å². The van der Waals surface area contributed by atoms with E-state index in [1.807, 2.05) is 36.0 Å². The number of aromatic nitrogens is 3. The molecule has 0 aliphatic carbocycles. The van der Waals surface area contributed by atoms with Crippen molar-refractivity contribution in [1.29, 1.82) is 0 Å². The average Bonchev–Trinajstić information content (AvgIpc) is 3.32. The largest absolute Gasteiger partial charge is 0.360 e. The lowest BCUT2D eigenvalue weighted by atomic mass is 10.0. The molecular weight excluding hydrogens is 367 g/mol. The Morgan fingerprint density at radius 3 is 2.66 bits per heavy atom. The summed E-state index contributed by atoms with van der Waals surface area (Å²) in [4.78, 5) is 2.34. The molecule has 0 unspecified atom stereocenters. The van der Waals surface area contributed by atoms with E-state index >= 15 is 0 Å². The fourth-order valence-corrected chi connectivity index (χ4v) is 4.00. The van der Waals surface area contributed by atoms with Crippen LogP contribution in [0.2, 0.25) is 0 Å². The molecular formula is C23H21FN4O.